The second-order valence-electron chi connectivity index (χ2n) is 5.52. The summed E-state index contributed by atoms with van der Waals surface area (Å²) in [5.74, 6) is 0. The molecule has 0 aromatic rings. The summed E-state index contributed by atoms with van der Waals surface area (Å²) in [5.41, 5.74) is 0. The largest absolute Gasteiger partial charge is 0.320 e. The zero-order chi connectivity index (χ0) is 15.0. The van der Waals surface area contributed by atoms with Crippen LogP contribution in [0.25, 0.3) is 0 Å². The van der Waals surface area contributed by atoms with Gasteiger partial charge in [0.15, 0.2) is 0 Å². The van der Waals surface area contributed by atoms with Gasteiger partial charge in [0.2, 0.25) is 0 Å². The predicted octanol–water partition coefficient (Wildman–Crippen LogP) is 0.237. The summed E-state index contributed by atoms with van der Waals surface area (Å²) in [6, 6.07) is 0.0832. The number of piperidine rings is 1. The molecule has 0 unspecified atom stereocenters. The summed E-state index contributed by atoms with van der Waals surface area (Å²) in [4.78, 5) is 2.40. The number of nitrogens with zero attached hydrogens (tertiary/aromatic N) is 2. The zero-order valence-electron chi connectivity index (χ0n) is 13.1. The van der Waals surface area contributed by atoms with E-state index in [0.29, 0.717) is 6.54 Å². The molecule has 2 N–H and O–H groups in total. The fraction of sp³-hybridized carbons (Fsp3) is 1.00. The van der Waals surface area contributed by atoms with Gasteiger partial charge in [-0.2, -0.15) is 17.4 Å². The van der Waals surface area contributed by atoms with Gasteiger partial charge in [-0.05, 0) is 58.9 Å². The lowest BCUT2D eigenvalue weighted by atomic mass is 10.1. The number of likely N-dealkylation sites (tertiary alicyclic amines) is 1. The van der Waals surface area contributed by atoms with Crippen molar-refractivity contribution in [1.29, 1.82) is 0 Å². The van der Waals surface area contributed by atoms with Gasteiger partial charge in [0.1, 0.15) is 0 Å². The van der Waals surface area contributed by atoms with E-state index in [2.05, 4.69) is 21.9 Å². The molecule has 0 spiro atoms. The molecule has 1 aliphatic rings. The summed E-state index contributed by atoms with van der Waals surface area (Å²) in [6.07, 6.45) is 3.79. The van der Waals surface area contributed by atoms with Gasteiger partial charge in [-0.3, -0.25) is 0 Å². The standard InChI is InChI=1S/C13H30N4O2S/c1-4-9-17-11-6-13(7-12-17)15-20(18,19)16(3)10-5-8-14-2/h13-15H,4-12H2,1-3H3. The Kier molecular flexibility index (Phi) is 7.98. The van der Waals surface area contributed by atoms with Gasteiger partial charge in [-0.25, -0.2) is 0 Å². The van der Waals surface area contributed by atoms with Crippen molar-refractivity contribution in [3.05, 3.63) is 0 Å². The Morgan fingerprint density at radius 1 is 1.30 bits per heavy atom. The monoisotopic (exact) mass is 306 g/mol. The summed E-state index contributed by atoms with van der Waals surface area (Å²) >= 11 is 0. The third-order valence-corrected chi connectivity index (χ3v) is 5.39. The van der Waals surface area contributed by atoms with Crippen LogP contribution in [0.1, 0.15) is 32.6 Å². The molecule has 0 bridgehead atoms. The first-order valence-electron chi connectivity index (χ1n) is 7.60. The predicted molar refractivity (Wildman–Crippen MR) is 83.0 cm³/mol. The maximum absolute atomic E-state index is 12.2. The van der Waals surface area contributed by atoms with Crippen molar-refractivity contribution in [3.63, 3.8) is 0 Å². The van der Waals surface area contributed by atoms with Gasteiger partial charge < -0.3 is 10.2 Å². The molecule has 20 heavy (non-hydrogen) atoms. The molecule has 0 aromatic heterocycles. The van der Waals surface area contributed by atoms with Crippen molar-refractivity contribution in [3.8, 4) is 0 Å². The van der Waals surface area contributed by atoms with Gasteiger partial charge >= 0.3 is 0 Å². The van der Waals surface area contributed by atoms with Gasteiger partial charge in [0, 0.05) is 19.6 Å². The molecule has 120 valence electrons. The van der Waals surface area contributed by atoms with Crippen LogP contribution in [0, 0.1) is 0 Å². The van der Waals surface area contributed by atoms with Gasteiger partial charge in [-0.1, -0.05) is 6.92 Å². The first kappa shape index (κ1) is 17.8. The average molecular weight is 306 g/mol. The Morgan fingerprint density at radius 3 is 2.50 bits per heavy atom. The SMILES string of the molecule is CCCN1CCC(NS(=O)(=O)N(C)CCCNC)CC1. The highest BCUT2D eigenvalue weighted by molar-refractivity contribution is 7.87. The normalized spacial score (nSPS) is 18.8. The van der Waals surface area contributed by atoms with Crippen molar-refractivity contribution in [2.45, 2.75) is 38.6 Å². The molecule has 7 heteroatoms. The van der Waals surface area contributed by atoms with Crippen LogP contribution in [-0.4, -0.2) is 70.5 Å². The van der Waals surface area contributed by atoms with Crippen LogP contribution >= 0.6 is 0 Å². The van der Waals surface area contributed by atoms with Crippen LogP contribution in [0.5, 0.6) is 0 Å². The van der Waals surface area contributed by atoms with E-state index in [9.17, 15) is 8.42 Å². The lowest BCUT2D eigenvalue weighted by Crippen LogP contribution is -2.49. The Morgan fingerprint density at radius 2 is 1.95 bits per heavy atom. The van der Waals surface area contributed by atoms with Crippen LogP contribution in [0.15, 0.2) is 0 Å². The lowest BCUT2D eigenvalue weighted by molar-refractivity contribution is 0.206. The lowest BCUT2D eigenvalue weighted by Gasteiger charge is -2.32. The Bertz CT molecular complexity index is 353. The summed E-state index contributed by atoms with van der Waals surface area (Å²) < 4.78 is 28.6. The third-order valence-electron chi connectivity index (χ3n) is 3.75. The van der Waals surface area contributed by atoms with E-state index in [-0.39, 0.29) is 6.04 Å². The van der Waals surface area contributed by atoms with E-state index in [1.165, 1.54) is 4.31 Å². The fourth-order valence-electron chi connectivity index (χ4n) is 2.49. The summed E-state index contributed by atoms with van der Waals surface area (Å²) in [6.45, 7) is 6.65. The molecular formula is C13H30N4O2S. The maximum atomic E-state index is 12.2. The van der Waals surface area contributed by atoms with Crippen LogP contribution in [0.4, 0.5) is 0 Å². The molecule has 0 atom stereocenters. The third kappa shape index (κ3) is 6.05. The van der Waals surface area contributed by atoms with E-state index in [1.54, 1.807) is 7.05 Å². The fourth-order valence-corrected chi connectivity index (χ4v) is 3.70. The number of hydrogen-bond acceptors (Lipinski definition) is 4. The first-order chi connectivity index (χ1) is 9.49. The van der Waals surface area contributed by atoms with Gasteiger partial charge in [0.05, 0.1) is 0 Å². The highest BCUT2D eigenvalue weighted by Gasteiger charge is 2.25. The second kappa shape index (κ2) is 8.94. The van der Waals surface area contributed by atoms with E-state index < -0.39 is 10.2 Å². The Hall–Kier alpha value is -0.210. The minimum Gasteiger partial charge on any atom is -0.320 e. The molecule has 1 aliphatic heterocycles. The zero-order valence-corrected chi connectivity index (χ0v) is 13.9. The summed E-state index contributed by atoms with van der Waals surface area (Å²) in [7, 11) is 0.182. The van der Waals surface area contributed by atoms with Crippen LogP contribution in [-0.2, 0) is 10.2 Å². The van der Waals surface area contributed by atoms with Gasteiger partial charge in [0.25, 0.3) is 10.2 Å². The van der Waals surface area contributed by atoms with Crippen LogP contribution in [0.3, 0.4) is 0 Å². The smallest absolute Gasteiger partial charge is 0.279 e. The minimum absolute atomic E-state index is 0.0832. The van der Waals surface area contributed by atoms with Crippen molar-refractivity contribution in [2.75, 3.05) is 46.8 Å². The quantitative estimate of drug-likeness (QED) is 0.599. The average Bonchev–Trinajstić information content (AvgIpc) is 2.41. The molecule has 1 rings (SSSR count). The molecule has 0 aromatic carbocycles. The first-order valence-corrected chi connectivity index (χ1v) is 9.04. The van der Waals surface area contributed by atoms with E-state index in [0.717, 1.165) is 51.9 Å². The number of nitrogens with one attached hydrogen (secondary N) is 2. The molecule has 0 saturated carbocycles. The molecule has 1 saturated heterocycles. The van der Waals surface area contributed by atoms with Crippen molar-refractivity contribution >= 4 is 10.2 Å². The molecule has 0 radical (unpaired) electrons. The van der Waals surface area contributed by atoms with Crippen LogP contribution < -0.4 is 10.0 Å². The molecule has 6 nitrogen and oxygen atoms in total. The second-order valence-corrected chi connectivity index (χ2v) is 7.33. The molecular weight excluding hydrogens is 276 g/mol. The highest BCUT2D eigenvalue weighted by Crippen LogP contribution is 2.12. The van der Waals surface area contributed by atoms with E-state index in [1.807, 2.05) is 7.05 Å². The summed E-state index contributed by atoms with van der Waals surface area (Å²) in [5, 5.41) is 3.03. The highest BCUT2D eigenvalue weighted by atomic mass is 32.2. The molecule has 1 heterocycles. The van der Waals surface area contributed by atoms with Crippen molar-refractivity contribution in [2.24, 2.45) is 0 Å². The topological polar surface area (TPSA) is 64.7 Å². The van der Waals surface area contributed by atoms with Crippen LogP contribution in [0.2, 0.25) is 0 Å². The van der Waals surface area contributed by atoms with E-state index in [4.69, 9.17) is 0 Å². The van der Waals surface area contributed by atoms with Gasteiger partial charge in [-0.15, -0.1) is 0 Å². The number of hydrogen-bond donors (Lipinski definition) is 2. The Labute approximate surface area is 124 Å². The molecule has 0 aliphatic carbocycles. The van der Waals surface area contributed by atoms with Crippen molar-refractivity contribution in [1.82, 2.24) is 19.2 Å². The van der Waals surface area contributed by atoms with E-state index >= 15 is 0 Å². The number of rotatable bonds is 9. The minimum atomic E-state index is -3.33. The Balaban J connectivity index is 2.35. The maximum Gasteiger partial charge on any atom is 0.279 e. The molecule has 1 fully saturated rings. The molecule has 0 amide bonds. The van der Waals surface area contributed by atoms with Crippen molar-refractivity contribution < 1.29 is 8.42 Å².